The molecule has 0 N–H and O–H groups in total. The minimum Gasteiger partial charge on any atom is -0.289 e. The number of thiocarbonyl (C=S) groups is 1. The molecule has 1 aromatic carbocycles. The summed E-state index contributed by atoms with van der Waals surface area (Å²) in [4.78, 5) is 33.8. The van der Waals surface area contributed by atoms with Crippen molar-refractivity contribution in [2.45, 2.75) is 10.1 Å². The molecule has 3 rings (SSSR count). The first-order chi connectivity index (χ1) is 13.0. The highest BCUT2D eigenvalue weighted by molar-refractivity contribution is 8.26. The zero-order valence-electron chi connectivity index (χ0n) is 13.8. The fourth-order valence-corrected chi connectivity index (χ4v) is 4.30. The molecule has 1 aliphatic heterocycles. The smallest absolute Gasteiger partial charge is 0.283 e. The Labute approximate surface area is 168 Å². The lowest BCUT2D eigenvalue weighted by atomic mass is 10.2. The number of aromatic nitrogens is 2. The second-order valence-corrected chi connectivity index (χ2v) is 7.88. The molecule has 0 atom stereocenters. The van der Waals surface area contributed by atoms with Gasteiger partial charge in [-0.25, -0.2) is 9.97 Å². The Morgan fingerprint density at radius 1 is 1.37 bits per heavy atom. The molecule has 1 aromatic heterocycles. The molecule has 0 aliphatic carbocycles. The van der Waals surface area contributed by atoms with Gasteiger partial charge in [0.25, 0.3) is 11.6 Å². The fourth-order valence-electron chi connectivity index (χ4n) is 2.23. The minimum absolute atomic E-state index is 0.0808. The van der Waals surface area contributed by atoms with Crippen molar-refractivity contribution in [3.05, 3.63) is 69.9 Å². The number of hydrogen-bond acceptors (Lipinski definition) is 8. The monoisotopic (exact) mass is 416 g/mol. The number of carbonyl (C=O) groups excluding carboxylic acids is 1. The van der Waals surface area contributed by atoms with Gasteiger partial charge >= 0.3 is 0 Å². The molecule has 2 aromatic rings. The molecule has 1 fully saturated rings. The third kappa shape index (κ3) is 4.41. The van der Waals surface area contributed by atoms with Crippen LogP contribution in [-0.4, -0.2) is 36.6 Å². The van der Waals surface area contributed by atoms with Crippen LogP contribution in [0.25, 0.3) is 6.08 Å². The minimum atomic E-state index is -0.467. The maximum absolute atomic E-state index is 12.4. The van der Waals surface area contributed by atoms with Crippen molar-refractivity contribution in [3.63, 3.8) is 0 Å². The molecular formula is C17H12N4O3S3. The number of amides is 1. The SMILES string of the molecule is C=CCN1C(=O)/C(=C/c2ccc(Sc3ncccn3)c([N+](=O)[O-])c2)SC1=S. The maximum atomic E-state index is 12.4. The maximum Gasteiger partial charge on any atom is 0.283 e. The van der Waals surface area contributed by atoms with Crippen LogP contribution < -0.4 is 0 Å². The quantitative estimate of drug-likeness (QED) is 0.175. The molecule has 0 spiro atoms. The predicted molar refractivity (Wildman–Crippen MR) is 109 cm³/mol. The molecule has 7 nitrogen and oxygen atoms in total. The van der Waals surface area contributed by atoms with Gasteiger partial charge in [-0.1, -0.05) is 36.1 Å². The van der Waals surface area contributed by atoms with E-state index in [0.29, 0.717) is 31.4 Å². The van der Waals surface area contributed by atoms with E-state index in [-0.39, 0.29) is 11.6 Å². The Morgan fingerprint density at radius 2 is 2.11 bits per heavy atom. The lowest BCUT2D eigenvalue weighted by Gasteiger charge is -2.10. The van der Waals surface area contributed by atoms with E-state index in [4.69, 9.17) is 12.2 Å². The highest BCUT2D eigenvalue weighted by Gasteiger charge is 2.31. The molecule has 27 heavy (non-hydrogen) atoms. The molecule has 1 amide bonds. The molecule has 1 aliphatic rings. The van der Waals surface area contributed by atoms with E-state index in [9.17, 15) is 14.9 Å². The van der Waals surface area contributed by atoms with E-state index in [1.54, 1.807) is 42.7 Å². The van der Waals surface area contributed by atoms with Gasteiger partial charge in [0.15, 0.2) is 5.16 Å². The van der Waals surface area contributed by atoms with Gasteiger partial charge in [-0.05, 0) is 35.5 Å². The molecule has 0 radical (unpaired) electrons. The standard InChI is InChI=1S/C17H12N4O3S3/c1-2-8-20-15(22)14(27-17(20)25)10-11-4-5-13(12(9-11)21(23)24)26-16-18-6-3-7-19-16/h2-7,9-10H,1,8H2/b14-10-. The Hall–Kier alpha value is -2.56. The van der Waals surface area contributed by atoms with E-state index in [0.717, 1.165) is 23.5 Å². The second-order valence-electron chi connectivity index (χ2n) is 5.20. The number of nitrogens with zero attached hydrogens (tertiary/aromatic N) is 4. The average Bonchev–Trinajstić information content (AvgIpc) is 2.91. The molecule has 136 valence electrons. The van der Waals surface area contributed by atoms with E-state index in [1.807, 2.05) is 0 Å². The summed E-state index contributed by atoms with van der Waals surface area (Å²) in [7, 11) is 0. The Morgan fingerprint density at radius 3 is 2.78 bits per heavy atom. The van der Waals surface area contributed by atoms with Crippen molar-refractivity contribution < 1.29 is 9.72 Å². The zero-order chi connectivity index (χ0) is 19.4. The van der Waals surface area contributed by atoms with Crippen LogP contribution >= 0.6 is 35.7 Å². The van der Waals surface area contributed by atoms with Crippen LogP contribution in [0.1, 0.15) is 5.56 Å². The van der Waals surface area contributed by atoms with Crippen molar-refractivity contribution in [1.29, 1.82) is 0 Å². The van der Waals surface area contributed by atoms with Crippen molar-refractivity contribution in [2.24, 2.45) is 0 Å². The number of carbonyl (C=O) groups is 1. The van der Waals surface area contributed by atoms with Gasteiger partial charge in [0.2, 0.25) is 0 Å². The number of hydrogen-bond donors (Lipinski definition) is 0. The van der Waals surface area contributed by atoms with E-state index in [2.05, 4.69) is 16.5 Å². The summed E-state index contributed by atoms with van der Waals surface area (Å²) in [6.45, 7) is 3.94. The first-order valence-corrected chi connectivity index (χ1v) is 9.63. The third-order valence-electron chi connectivity index (χ3n) is 3.41. The van der Waals surface area contributed by atoms with Crippen LogP contribution in [0.4, 0.5) is 5.69 Å². The van der Waals surface area contributed by atoms with Crippen molar-refractivity contribution in [2.75, 3.05) is 6.54 Å². The highest BCUT2D eigenvalue weighted by atomic mass is 32.2. The third-order valence-corrected chi connectivity index (χ3v) is 5.74. The van der Waals surface area contributed by atoms with Crippen LogP contribution in [0.2, 0.25) is 0 Å². The molecular weight excluding hydrogens is 404 g/mol. The molecule has 0 saturated carbocycles. The Balaban J connectivity index is 1.90. The van der Waals surface area contributed by atoms with E-state index in [1.165, 1.54) is 11.0 Å². The van der Waals surface area contributed by atoms with Gasteiger partial charge in [0, 0.05) is 25.0 Å². The molecule has 1 saturated heterocycles. The lowest BCUT2D eigenvalue weighted by Crippen LogP contribution is -2.27. The summed E-state index contributed by atoms with van der Waals surface area (Å²) < 4.78 is 0.439. The predicted octanol–water partition coefficient (Wildman–Crippen LogP) is 3.92. The summed E-state index contributed by atoms with van der Waals surface area (Å²) in [6, 6.07) is 6.42. The van der Waals surface area contributed by atoms with Gasteiger partial charge < -0.3 is 0 Å². The van der Waals surface area contributed by atoms with Gasteiger partial charge in [-0.3, -0.25) is 19.8 Å². The summed E-state index contributed by atoms with van der Waals surface area (Å²) in [5, 5.41) is 11.9. The molecule has 0 unspecified atom stereocenters. The van der Waals surface area contributed by atoms with Crippen LogP contribution in [0.15, 0.2) is 64.3 Å². The Bertz CT molecular complexity index is 963. The van der Waals surface area contributed by atoms with Crippen molar-refractivity contribution in [1.82, 2.24) is 14.9 Å². The van der Waals surface area contributed by atoms with Crippen LogP contribution in [0, 0.1) is 10.1 Å². The van der Waals surface area contributed by atoms with Crippen LogP contribution in [0.5, 0.6) is 0 Å². The molecule has 2 heterocycles. The lowest BCUT2D eigenvalue weighted by molar-refractivity contribution is -0.387. The van der Waals surface area contributed by atoms with Gasteiger partial charge in [-0.2, -0.15) is 0 Å². The number of rotatable bonds is 6. The topological polar surface area (TPSA) is 89.2 Å². The van der Waals surface area contributed by atoms with Gasteiger partial charge in [-0.15, -0.1) is 6.58 Å². The average molecular weight is 417 g/mol. The number of benzene rings is 1. The van der Waals surface area contributed by atoms with Gasteiger partial charge in [0.1, 0.15) is 4.32 Å². The summed E-state index contributed by atoms with van der Waals surface area (Å²) in [5.41, 5.74) is 0.460. The second kappa shape index (κ2) is 8.42. The van der Waals surface area contributed by atoms with Crippen LogP contribution in [0.3, 0.4) is 0 Å². The normalized spacial score (nSPS) is 15.4. The number of nitro groups is 1. The van der Waals surface area contributed by atoms with Crippen molar-refractivity contribution >= 4 is 57.7 Å². The van der Waals surface area contributed by atoms with E-state index < -0.39 is 4.92 Å². The van der Waals surface area contributed by atoms with E-state index >= 15 is 0 Å². The first kappa shape index (κ1) is 19.2. The van der Waals surface area contributed by atoms with Crippen LogP contribution in [-0.2, 0) is 4.79 Å². The largest absolute Gasteiger partial charge is 0.289 e. The summed E-state index contributed by atoms with van der Waals surface area (Å²) >= 11 is 7.46. The first-order valence-electron chi connectivity index (χ1n) is 7.59. The number of nitro benzene ring substituents is 1. The van der Waals surface area contributed by atoms with Crippen molar-refractivity contribution in [3.8, 4) is 0 Å². The number of thioether (sulfide) groups is 1. The summed E-state index contributed by atoms with van der Waals surface area (Å²) in [6.07, 6.45) is 6.33. The highest BCUT2D eigenvalue weighted by Crippen LogP contribution is 2.36. The zero-order valence-corrected chi connectivity index (χ0v) is 16.2. The Kier molecular flexibility index (Phi) is 5.99. The van der Waals surface area contributed by atoms with Gasteiger partial charge in [0.05, 0.1) is 14.7 Å². The summed E-state index contributed by atoms with van der Waals surface area (Å²) in [5.74, 6) is -0.233. The molecule has 10 heteroatoms. The fraction of sp³-hybridized carbons (Fsp3) is 0.0588. The molecule has 0 bridgehead atoms.